The molecule has 1 unspecified atom stereocenters. The van der Waals surface area contributed by atoms with E-state index in [1.165, 1.54) is 16.9 Å². The van der Waals surface area contributed by atoms with E-state index >= 15 is 0 Å². The van der Waals surface area contributed by atoms with Gasteiger partial charge in [-0.1, -0.05) is 30.3 Å². The second-order valence-corrected chi connectivity index (χ2v) is 6.97. The summed E-state index contributed by atoms with van der Waals surface area (Å²) in [6.45, 7) is 3.68. The van der Waals surface area contributed by atoms with Crippen LogP contribution in [-0.2, 0) is 0 Å². The van der Waals surface area contributed by atoms with Crippen molar-refractivity contribution in [2.24, 2.45) is 0 Å². The molecule has 0 spiro atoms. The van der Waals surface area contributed by atoms with E-state index in [0.717, 1.165) is 11.3 Å². The molecule has 1 amide bonds. The summed E-state index contributed by atoms with van der Waals surface area (Å²) < 4.78 is 21.2. The van der Waals surface area contributed by atoms with Crippen LogP contribution in [0.2, 0.25) is 0 Å². The van der Waals surface area contributed by atoms with Gasteiger partial charge in [0.25, 0.3) is 5.91 Å². The summed E-state index contributed by atoms with van der Waals surface area (Å²) in [5, 5.41) is 7.64. The topological polar surface area (TPSA) is 59.4 Å². The fourth-order valence-corrected chi connectivity index (χ4v) is 3.81. The van der Waals surface area contributed by atoms with Crippen LogP contribution in [0.5, 0.6) is 5.75 Å². The van der Waals surface area contributed by atoms with Crippen LogP contribution in [0.25, 0.3) is 5.69 Å². The molecule has 29 heavy (non-hydrogen) atoms. The zero-order chi connectivity index (χ0) is 20.4. The second kappa shape index (κ2) is 8.05. The molecule has 0 saturated carbocycles. The van der Waals surface area contributed by atoms with E-state index in [2.05, 4.69) is 10.4 Å². The SMILES string of the molecule is COc1ccccc1C1CNCCN1C(=O)c1cnn(-c2ccccc2F)c1C. The van der Waals surface area contributed by atoms with Crippen molar-refractivity contribution in [2.45, 2.75) is 13.0 Å². The molecular formula is C22H23FN4O2. The van der Waals surface area contributed by atoms with Gasteiger partial charge < -0.3 is 15.0 Å². The summed E-state index contributed by atoms with van der Waals surface area (Å²) in [5.41, 5.74) is 2.35. The highest BCUT2D eigenvalue weighted by Gasteiger charge is 2.32. The average Bonchev–Trinajstić information content (AvgIpc) is 3.14. The van der Waals surface area contributed by atoms with Gasteiger partial charge in [-0.3, -0.25) is 4.79 Å². The van der Waals surface area contributed by atoms with Gasteiger partial charge in [0, 0.05) is 25.2 Å². The molecule has 6 nitrogen and oxygen atoms in total. The van der Waals surface area contributed by atoms with E-state index in [1.807, 2.05) is 29.2 Å². The van der Waals surface area contributed by atoms with Crippen molar-refractivity contribution >= 4 is 5.91 Å². The highest BCUT2D eigenvalue weighted by molar-refractivity contribution is 5.95. The number of ether oxygens (including phenoxy) is 1. The van der Waals surface area contributed by atoms with Crippen molar-refractivity contribution in [3.8, 4) is 11.4 Å². The van der Waals surface area contributed by atoms with Crippen molar-refractivity contribution < 1.29 is 13.9 Å². The first kappa shape index (κ1) is 19.1. The lowest BCUT2D eigenvalue weighted by atomic mass is 10.0. The molecule has 7 heteroatoms. The number of carbonyl (C=O) groups is 1. The van der Waals surface area contributed by atoms with Gasteiger partial charge in [-0.2, -0.15) is 5.10 Å². The van der Waals surface area contributed by atoms with Crippen molar-refractivity contribution in [1.82, 2.24) is 20.0 Å². The third-order valence-electron chi connectivity index (χ3n) is 5.32. The quantitative estimate of drug-likeness (QED) is 0.739. The molecule has 2 aromatic carbocycles. The van der Waals surface area contributed by atoms with Crippen molar-refractivity contribution in [3.63, 3.8) is 0 Å². The van der Waals surface area contributed by atoms with Crippen LogP contribution in [0, 0.1) is 12.7 Å². The van der Waals surface area contributed by atoms with Crippen LogP contribution in [0.4, 0.5) is 4.39 Å². The Labute approximate surface area is 168 Å². The summed E-state index contributed by atoms with van der Waals surface area (Å²) in [7, 11) is 1.63. The monoisotopic (exact) mass is 394 g/mol. The van der Waals surface area contributed by atoms with Crippen molar-refractivity contribution in [3.05, 3.63) is 77.4 Å². The first-order chi connectivity index (χ1) is 14.1. The Morgan fingerprint density at radius 1 is 1.21 bits per heavy atom. The average molecular weight is 394 g/mol. The standard InChI is InChI=1S/C22H23FN4O2/c1-15-17(13-25-27(15)19-9-5-4-8-18(19)23)22(28)26-12-11-24-14-20(26)16-7-3-6-10-21(16)29-2/h3-10,13,20,24H,11-12,14H2,1-2H3. The van der Waals surface area contributed by atoms with Gasteiger partial charge in [-0.05, 0) is 25.1 Å². The minimum Gasteiger partial charge on any atom is -0.496 e. The predicted molar refractivity (Wildman–Crippen MR) is 108 cm³/mol. The number of hydrogen-bond acceptors (Lipinski definition) is 4. The van der Waals surface area contributed by atoms with Crippen LogP contribution in [-0.4, -0.2) is 47.3 Å². The maximum absolute atomic E-state index is 14.2. The van der Waals surface area contributed by atoms with Crippen LogP contribution < -0.4 is 10.1 Å². The molecule has 1 aliphatic heterocycles. The lowest BCUT2D eigenvalue weighted by Crippen LogP contribution is -2.48. The number of carbonyl (C=O) groups excluding carboxylic acids is 1. The summed E-state index contributed by atoms with van der Waals surface area (Å²) in [6.07, 6.45) is 1.52. The van der Waals surface area contributed by atoms with E-state index in [9.17, 15) is 9.18 Å². The maximum Gasteiger partial charge on any atom is 0.257 e. The number of hydrogen-bond donors (Lipinski definition) is 1. The number of para-hydroxylation sites is 2. The molecule has 0 bridgehead atoms. The van der Waals surface area contributed by atoms with Crippen LogP contribution in [0.15, 0.2) is 54.7 Å². The number of piperazine rings is 1. The Hall–Kier alpha value is -3.19. The number of methoxy groups -OCH3 is 1. The van der Waals surface area contributed by atoms with Crippen LogP contribution in [0.1, 0.15) is 27.7 Å². The van der Waals surface area contributed by atoms with E-state index in [-0.39, 0.29) is 17.8 Å². The van der Waals surface area contributed by atoms with Crippen molar-refractivity contribution in [1.29, 1.82) is 0 Å². The normalized spacial score (nSPS) is 16.7. The lowest BCUT2D eigenvalue weighted by molar-refractivity contribution is 0.0631. The number of nitrogens with one attached hydrogen (secondary N) is 1. The van der Waals surface area contributed by atoms with E-state index in [4.69, 9.17) is 4.74 Å². The van der Waals surface area contributed by atoms with Gasteiger partial charge in [0.05, 0.1) is 30.6 Å². The Morgan fingerprint density at radius 3 is 2.76 bits per heavy atom. The number of benzene rings is 2. The molecule has 1 N–H and O–H groups in total. The molecule has 1 aliphatic rings. The predicted octanol–water partition coefficient (Wildman–Crippen LogP) is 3.12. The van der Waals surface area contributed by atoms with E-state index in [1.54, 1.807) is 32.2 Å². The summed E-state index contributed by atoms with van der Waals surface area (Å²) in [4.78, 5) is 15.3. The summed E-state index contributed by atoms with van der Waals surface area (Å²) in [6, 6.07) is 14.0. The molecule has 1 atom stereocenters. The van der Waals surface area contributed by atoms with Gasteiger partial charge in [-0.25, -0.2) is 9.07 Å². The van der Waals surface area contributed by atoms with Crippen molar-refractivity contribution in [2.75, 3.05) is 26.7 Å². The van der Waals surface area contributed by atoms with Gasteiger partial charge in [0.2, 0.25) is 0 Å². The zero-order valence-corrected chi connectivity index (χ0v) is 16.4. The Morgan fingerprint density at radius 2 is 1.97 bits per heavy atom. The molecule has 4 rings (SSSR count). The van der Waals surface area contributed by atoms with Crippen LogP contribution in [0.3, 0.4) is 0 Å². The first-order valence-electron chi connectivity index (χ1n) is 9.56. The molecule has 3 aromatic rings. The first-order valence-corrected chi connectivity index (χ1v) is 9.56. The molecule has 0 radical (unpaired) electrons. The van der Waals surface area contributed by atoms with Crippen LogP contribution >= 0.6 is 0 Å². The van der Waals surface area contributed by atoms with E-state index in [0.29, 0.717) is 36.6 Å². The fraction of sp³-hybridized carbons (Fsp3) is 0.273. The summed E-state index contributed by atoms with van der Waals surface area (Å²) >= 11 is 0. The molecule has 2 heterocycles. The third kappa shape index (κ3) is 3.49. The zero-order valence-electron chi connectivity index (χ0n) is 16.4. The molecule has 1 aromatic heterocycles. The third-order valence-corrected chi connectivity index (χ3v) is 5.32. The van der Waals surface area contributed by atoms with Gasteiger partial charge in [0.1, 0.15) is 17.3 Å². The maximum atomic E-state index is 14.2. The highest BCUT2D eigenvalue weighted by Crippen LogP contribution is 2.31. The molecule has 1 saturated heterocycles. The summed E-state index contributed by atoms with van der Waals surface area (Å²) in [5.74, 6) is 0.243. The van der Waals surface area contributed by atoms with Gasteiger partial charge in [0.15, 0.2) is 0 Å². The molecule has 0 aliphatic carbocycles. The Kier molecular flexibility index (Phi) is 5.31. The molecule has 150 valence electrons. The van der Waals surface area contributed by atoms with Gasteiger partial charge >= 0.3 is 0 Å². The number of halogens is 1. The Bertz CT molecular complexity index is 1030. The number of aromatic nitrogens is 2. The molecular weight excluding hydrogens is 371 g/mol. The largest absolute Gasteiger partial charge is 0.496 e. The molecule has 1 fully saturated rings. The van der Waals surface area contributed by atoms with E-state index < -0.39 is 0 Å². The number of amides is 1. The minimum absolute atomic E-state index is 0.123. The number of nitrogens with zero attached hydrogens (tertiary/aromatic N) is 3. The fourth-order valence-electron chi connectivity index (χ4n) is 3.81. The lowest BCUT2D eigenvalue weighted by Gasteiger charge is -2.37. The Balaban J connectivity index is 1.69. The second-order valence-electron chi connectivity index (χ2n) is 6.97. The smallest absolute Gasteiger partial charge is 0.257 e. The minimum atomic E-state index is -0.383. The number of rotatable bonds is 4. The highest BCUT2D eigenvalue weighted by atomic mass is 19.1. The van der Waals surface area contributed by atoms with Gasteiger partial charge in [-0.15, -0.1) is 0 Å².